The molecule has 6 atom stereocenters. The van der Waals surface area contributed by atoms with Crippen LogP contribution in [-0.4, -0.2) is 41.6 Å². The summed E-state index contributed by atoms with van der Waals surface area (Å²) in [5, 5.41) is 11.3. The number of hydrogen-bond donors (Lipinski definition) is 2. The molecule has 0 spiro atoms. The topological polar surface area (TPSA) is 71.5 Å². The van der Waals surface area contributed by atoms with Crippen molar-refractivity contribution in [1.29, 1.82) is 0 Å². The smallest absolute Gasteiger partial charge is 0.404 e. The molecule has 164 valence electrons. The van der Waals surface area contributed by atoms with E-state index >= 15 is 0 Å². The third kappa shape index (κ3) is 4.77. The molecule has 1 amide bonds. The van der Waals surface area contributed by atoms with Gasteiger partial charge in [-0.1, -0.05) is 24.3 Å². The molecule has 2 saturated carbocycles. The summed E-state index contributed by atoms with van der Waals surface area (Å²) in [5.74, 6) is 0.0909. The van der Waals surface area contributed by atoms with Crippen molar-refractivity contribution in [2.45, 2.75) is 37.6 Å². The molecule has 1 heterocycles. The lowest BCUT2D eigenvalue weighted by atomic mass is 9.74. The Hall–Kier alpha value is -2.80. The number of amides is 1. The fourth-order valence-corrected chi connectivity index (χ4v) is 5.12. The molecular formula is C24H26F2N2O3. The third-order valence-corrected chi connectivity index (χ3v) is 6.60. The Balaban J connectivity index is 1.49. The van der Waals surface area contributed by atoms with Crippen molar-refractivity contribution in [2.24, 2.45) is 17.8 Å². The van der Waals surface area contributed by atoms with Gasteiger partial charge in [0.2, 0.25) is 0 Å². The molecule has 31 heavy (non-hydrogen) atoms. The van der Waals surface area contributed by atoms with Crippen LogP contribution in [0.25, 0.3) is 17.2 Å². The number of carboxylic acid groups (broad SMARTS) is 1. The number of pyridine rings is 1. The van der Waals surface area contributed by atoms with E-state index in [-0.39, 0.29) is 29.7 Å². The van der Waals surface area contributed by atoms with Gasteiger partial charge in [0.05, 0.1) is 17.8 Å². The minimum absolute atomic E-state index is 0.0337. The van der Waals surface area contributed by atoms with Crippen molar-refractivity contribution in [3.05, 3.63) is 60.2 Å². The number of aromatic nitrogens is 1. The van der Waals surface area contributed by atoms with Gasteiger partial charge < -0.3 is 15.2 Å². The summed E-state index contributed by atoms with van der Waals surface area (Å²) in [7, 11) is 1.66. The zero-order chi connectivity index (χ0) is 22.0. The Morgan fingerprint density at radius 2 is 2.06 bits per heavy atom. The number of ether oxygens (including phenoxy) is 1. The molecule has 1 aromatic heterocycles. The van der Waals surface area contributed by atoms with Crippen molar-refractivity contribution < 1.29 is 23.4 Å². The van der Waals surface area contributed by atoms with Crippen LogP contribution in [0, 0.1) is 23.6 Å². The molecule has 0 bridgehead atoms. The second-order valence-electron chi connectivity index (χ2n) is 8.40. The second kappa shape index (κ2) is 9.14. The van der Waals surface area contributed by atoms with Gasteiger partial charge >= 0.3 is 6.09 Å². The van der Waals surface area contributed by atoms with E-state index in [1.54, 1.807) is 19.4 Å². The Kier molecular flexibility index (Phi) is 6.32. The maximum absolute atomic E-state index is 14.4. The average molecular weight is 428 g/mol. The Bertz CT molecular complexity index is 950. The number of rotatable bonds is 5. The van der Waals surface area contributed by atoms with Crippen LogP contribution < -0.4 is 5.32 Å². The summed E-state index contributed by atoms with van der Waals surface area (Å²) in [6.45, 7) is 0. The monoisotopic (exact) mass is 428 g/mol. The van der Waals surface area contributed by atoms with Gasteiger partial charge in [0, 0.05) is 24.8 Å². The summed E-state index contributed by atoms with van der Waals surface area (Å²) in [4.78, 5) is 15.5. The molecule has 7 heteroatoms. The zero-order valence-corrected chi connectivity index (χ0v) is 17.2. The first-order valence-electron chi connectivity index (χ1n) is 10.5. The van der Waals surface area contributed by atoms with Crippen LogP contribution in [0.15, 0.2) is 48.7 Å². The summed E-state index contributed by atoms with van der Waals surface area (Å²) in [6.07, 6.45) is 4.86. The van der Waals surface area contributed by atoms with Gasteiger partial charge in [-0.3, -0.25) is 4.98 Å². The number of nitrogens with one attached hydrogen (secondary N) is 1. The minimum Gasteiger partial charge on any atom is -0.465 e. The maximum atomic E-state index is 14.4. The number of methoxy groups -OCH3 is 1. The van der Waals surface area contributed by atoms with Crippen molar-refractivity contribution in [3.8, 4) is 11.1 Å². The number of alkyl halides is 1. The molecule has 2 aromatic rings. The highest BCUT2D eigenvalue weighted by Gasteiger charge is 2.48. The molecule has 2 N–H and O–H groups in total. The van der Waals surface area contributed by atoms with Crippen LogP contribution in [0.4, 0.5) is 13.6 Å². The van der Waals surface area contributed by atoms with E-state index < -0.39 is 18.3 Å². The van der Waals surface area contributed by atoms with E-state index in [1.807, 2.05) is 24.3 Å². The van der Waals surface area contributed by atoms with Crippen molar-refractivity contribution in [2.75, 3.05) is 7.11 Å². The zero-order valence-electron chi connectivity index (χ0n) is 17.2. The Morgan fingerprint density at radius 3 is 2.74 bits per heavy atom. The molecular weight excluding hydrogens is 402 g/mol. The molecule has 2 fully saturated rings. The number of nitrogens with zero attached hydrogens (tertiary/aromatic N) is 1. The first kappa shape index (κ1) is 21.4. The van der Waals surface area contributed by atoms with Gasteiger partial charge in [0.15, 0.2) is 0 Å². The van der Waals surface area contributed by atoms with E-state index in [9.17, 15) is 13.6 Å². The predicted molar refractivity (Wildman–Crippen MR) is 114 cm³/mol. The molecule has 0 radical (unpaired) electrons. The molecule has 2 aliphatic rings. The number of benzene rings is 1. The highest BCUT2D eigenvalue weighted by molar-refractivity contribution is 5.65. The van der Waals surface area contributed by atoms with Crippen LogP contribution in [0.3, 0.4) is 0 Å². The predicted octanol–water partition coefficient (Wildman–Crippen LogP) is 4.94. The molecule has 1 aromatic carbocycles. The van der Waals surface area contributed by atoms with E-state index in [2.05, 4.69) is 16.4 Å². The number of carbonyl (C=O) groups is 1. The summed E-state index contributed by atoms with van der Waals surface area (Å²) in [6, 6.07) is 9.46. The lowest BCUT2D eigenvalue weighted by Crippen LogP contribution is -2.47. The van der Waals surface area contributed by atoms with Gasteiger partial charge in [-0.15, -0.1) is 0 Å². The molecule has 0 saturated heterocycles. The van der Waals surface area contributed by atoms with Crippen molar-refractivity contribution in [3.63, 3.8) is 0 Å². The van der Waals surface area contributed by atoms with Crippen LogP contribution in [-0.2, 0) is 4.74 Å². The lowest BCUT2D eigenvalue weighted by molar-refractivity contribution is 0.0745. The minimum atomic E-state index is -1.19. The summed E-state index contributed by atoms with van der Waals surface area (Å²) < 4.78 is 33.6. The molecule has 2 aliphatic carbocycles. The van der Waals surface area contributed by atoms with Gasteiger partial charge in [0.25, 0.3) is 0 Å². The summed E-state index contributed by atoms with van der Waals surface area (Å²) in [5.41, 5.74) is 2.36. The van der Waals surface area contributed by atoms with E-state index in [1.165, 1.54) is 12.1 Å². The quantitative estimate of drug-likeness (QED) is 0.708. The fourth-order valence-electron chi connectivity index (χ4n) is 5.12. The first-order chi connectivity index (χ1) is 14.9. The SMILES string of the molecule is CO[C@H]1C[C@@H]2C[C@H](F)[C@@H](NC(=O)O)C[C@H]2[C@@H]1C=Cc1ccc(-c2cccc(F)c2)cn1. The fraction of sp³-hybridized carbons (Fsp3) is 0.417. The van der Waals surface area contributed by atoms with E-state index in [0.717, 1.165) is 23.2 Å². The van der Waals surface area contributed by atoms with Gasteiger partial charge in [-0.25, -0.2) is 13.6 Å². The molecule has 0 unspecified atom stereocenters. The largest absolute Gasteiger partial charge is 0.465 e. The van der Waals surface area contributed by atoms with Crippen LogP contribution in [0.1, 0.15) is 25.0 Å². The first-order valence-corrected chi connectivity index (χ1v) is 10.5. The Morgan fingerprint density at radius 1 is 1.23 bits per heavy atom. The van der Waals surface area contributed by atoms with Gasteiger partial charge in [-0.2, -0.15) is 0 Å². The molecule has 4 rings (SSSR count). The molecule has 5 nitrogen and oxygen atoms in total. The normalized spacial score (nSPS) is 30.3. The number of halogens is 2. The average Bonchev–Trinajstić information content (AvgIpc) is 3.09. The maximum Gasteiger partial charge on any atom is 0.404 e. The van der Waals surface area contributed by atoms with Crippen LogP contribution >= 0.6 is 0 Å². The van der Waals surface area contributed by atoms with Gasteiger partial charge in [0.1, 0.15) is 12.0 Å². The summed E-state index contributed by atoms with van der Waals surface area (Å²) >= 11 is 0. The highest BCUT2D eigenvalue weighted by atomic mass is 19.1. The van der Waals surface area contributed by atoms with Crippen molar-refractivity contribution in [1.82, 2.24) is 10.3 Å². The van der Waals surface area contributed by atoms with Gasteiger partial charge in [-0.05, 0) is 60.9 Å². The van der Waals surface area contributed by atoms with Crippen LogP contribution in [0.5, 0.6) is 0 Å². The van der Waals surface area contributed by atoms with Crippen molar-refractivity contribution >= 4 is 12.2 Å². The van der Waals surface area contributed by atoms with E-state index in [4.69, 9.17) is 9.84 Å². The second-order valence-corrected chi connectivity index (χ2v) is 8.40. The van der Waals surface area contributed by atoms with Crippen LogP contribution in [0.2, 0.25) is 0 Å². The molecule has 0 aliphatic heterocycles. The highest BCUT2D eigenvalue weighted by Crippen LogP contribution is 2.48. The number of fused-ring (bicyclic) bond motifs is 1. The standard InChI is InChI=1S/C24H26F2N2O3/c1-31-23-11-16-10-21(26)22(28-24(29)30)12-20(16)19(23)8-7-18-6-5-15(13-27-18)14-3-2-4-17(25)9-14/h2-9,13,16,19-23,28H,10-12H2,1H3,(H,29,30)/t16-,19-,20+,21-,22-,23-/m0/s1. The number of hydrogen-bond acceptors (Lipinski definition) is 3. The lowest BCUT2D eigenvalue weighted by Gasteiger charge is -2.36. The van der Waals surface area contributed by atoms with E-state index in [0.29, 0.717) is 12.8 Å². The Labute approximate surface area is 180 Å². The third-order valence-electron chi connectivity index (χ3n) is 6.60.